The van der Waals surface area contributed by atoms with Crippen molar-refractivity contribution in [3.8, 4) is 0 Å². The van der Waals surface area contributed by atoms with Crippen molar-refractivity contribution < 1.29 is 9.47 Å². The molecule has 4 rings (SSSR count). The molecule has 0 aliphatic carbocycles. The Bertz CT molecular complexity index is 677. The average Bonchev–Trinajstić information content (AvgIpc) is 2.69. The van der Waals surface area contributed by atoms with Gasteiger partial charge in [0.15, 0.2) is 0 Å². The molecule has 29 heavy (non-hydrogen) atoms. The first kappa shape index (κ1) is 24.7. The summed E-state index contributed by atoms with van der Waals surface area (Å²) in [6, 6.07) is 6.50. The molecule has 0 atom stereocenters. The molecule has 2 saturated heterocycles. The largest absolute Gasteiger partial charge is 0.379 e. The van der Waals surface area contributed by atoms with Gasteiger partial charge in [0.25, 0.3) is 0 Å². The molecule has 2 aromatic rings. The summed E-state index contributed by atoms with van der Waals surface area (Å²) in [6.45, 7) is 6.96. The van der Waals surface area contributed by atoms with Crippen LogP contribution in [-0.4, -0.2) is 62.6 Å². The summed E-state index contributed by atoms with van der Waals surface area (Å²) in [4.78, 5) is 10.0. The van der Waals surface area contributed by atoms with Crippen LogP contribution in [0.5, 0.6) is 0 Å². The van der Waals surface area contributed by atoms with Crippen molar-refractivity contribution in [1.82, 2.24) is 15.3 Å². The van der Waals surface area contributed by atoms with Gasteiger partial charge in [0.1, 0.15) is 21.3 Å². The zero-order valence-electron chi connectivity index (χ0n) is 15.5. The van der Waals surface area contributed by atoms with Crippen molar-refractivity contribution in [2.24, 2.45) is 0 Å². The first-order chi connectivity index (χ1) is 13.9. The highest BCUT2D eigenvalue weighted by atomic mass is 35.5. The van der Waals surface area contributed by atoms with E-state index in [1.807, 2.05) is 6.07 Å². The SMILES string of the molecule is C1COCCN1.Clc1cc(Cl)nc(Cl)c1.Clc1cc(Cl)nc(N2CCOCC2)c1. The van der Waals surface area contributed by atoms with Gasteiger partial charge in [0, 0.05) is 36.2 Å². The molecule has 0 amide bonds. The molecule has 0 bridgehead atoms. The minimum absolute atomic E-state index is 0.313. The number of ether oxygens (including phenoxy) is 2. The minimum atomic E-state index is 0.313. The average molecular weight is 503 g/mol. The lowest BCUT2D eigenvalue weighted by molar-refractivity contribution is 0.109. The Kier molecular flexibility index (Phi) is 11.6. The van der Waals surface area contributed by atoms with E-state index in [4.69, 9.17) is 67.5 Å². The van der Waals surface area contributed by atoms with Gasteiger partial charge in [0.2, 0.25) is 0 Å². The Morgan fingerprint density at radius 2 is 1.17 bits per heavy atom. The zero-order valence-corrected chi connectivity index (χ0v) is 19.3. The van der Waals surface area contributed by atoms with Crippen molar-refractivity contribution >= 4 is 63.8 Å². The number of pyridine rings is 2. The van der Waals surface area contributed by atoms with Gasteiger partial charge in [-0.3, -0.25) is 0 Å². The number of morpholine rings is 2. The van der Waals surface area contributed by atoms with Crippen LogP contribution in [0.15, 0.2) is 24.3 Å². The van der Waals surface area contributed by atoms with E-state index in [-0.39, 0.29) is 0 Å². The van der Waals surface area contributed by atoms with Crippen LogP contribution in [0.4, 0.5) is 5.82 Å². The molecule has 1 N–H and O–H groups in total. The first-order valence-corrected chi connectivity index (χ1v) is 10.8. The van der Waals surface area contributed by atoms with Crippen molar-refractivity contribution in [3.63, 3.8) is 0 Å². The molecule has 0 spiro atoms. The third-order valence-electron chi connectivity index (χ3n) is 3.65. The summed E-state index contributed by atoms with van der Waals surface area (Å²) in [5, 5.41) is 5.33. The Labute approximate surface area is 195 Å². The van der Waals surface area contributed by atoms with E-state index >= 15 is 0 Å². The van der Waals surface area contributed by atoms with Crippen LogP contribution in [-0.2, 0) is 9.47 Å². The molecule has 2 aromatic heterocycles. The van der Waals surface area contributed by atoms with Gasteiger partial charge in [0.05, 0.1) is 26.4 Å². The number of halogens is 5. The molecule has 2 aliphatic heterocycles. The standard InChI is InChI=1S/C9H10Cl2N2O.C5H2Cl3N.C4H9NO/c10-7-5-8(11)12-9(6-7)13-1-3-14-4-2-13;6-3-1-4(7)9-5(8)2-3;1-3-6-4-2-5-1/h5-6H,1-4H2;1-2H;5H,1-4H2. The van der Waals surface area contributed by atoms with E-state index in [1.165, 1.54) is 12.1 Å². The molecule has 2 fully saturated rings. The third kappa shape index (κ3) is 10.3. The number of nitrogens with one attached hydrogen (secondary N) is 1. The van der Waals surface area contributed by atoms with E-state index in [0.29, 0.717) is 25.5 Å². The van der Waals surface area contributed by atoms with E-state index in [2.05, 4.69) is 20.2 Å². The second-order valence-electron chi connectivity index (χ2n) is 5.86. The van der Waals surface area contributed by atoms with E-state index < -0.39 is 0 Å². The molecule has 2 aliphatic rings. The van der Waals surface area contributed by atoms with Crippen molar-refractivity contribution in [1.29, 1.82) is 0 Å². The number of rotatable bonds is 1. The lowest BCUT2D eigenvalue weighted by atomic mass is 10.4. The Morgan fingerprint density at radius 3 is 1.59 bits per heavy atom. The second-order valence-corrected chi connectivity index (χ2v) is 7.89. The van der Waals surface area contributed by atoms with Crippen LogP contribution < -0.4 is 10.2 Å². The van der Waals surface area contributed by atoms with Gasteiger partial charge in [-0.15, -0.1) is 0 Å². The van der Waals surface area contributed by atoms with Gasteiger partial charge in [-0.2, -0.15) is 0 Å². The second kappa shape index (κ2) is 13.7. The highest BCUT2D eigenvalue weighted by Crippen LogP contribution is 2.22. The number of aromatic nitrogens is 2. The molecule has 6 nitrogen and oxygen atoms in total. The van der Waals surface area contributed by atoms with Gasteiger partial charge >= 0.3 is 0 Å². The van der Waals surface area contributed by atoms with Crippen LogP contribution in [0.25, 0.3) is 0 Å². The fraction of sp³-hybridized carbons (Fsp3) is 0.444. The maximum absolute atomic E-state index is 5.89. The fourth-order valence-electron chi connectivity index (χ4n) is 2.36. The van der Waals surface area contributed by atoms with Crippen LogP contribution in [0.3, 0.4) is 0 Å². The Balaban J connectivity index is 0.000000171. The molecular weight excluding hydrogens is 481 g/mol. The van der Waals surface area contributed by atoms with Crippen LogP contribution >= 0.6 is 58.0 Å². The van der Waals surface area contributed by atoms with Crippen LogP contribution in [0, 0.1) is 0 Å². The number of hydrogen-bond donors (Lipinski definition) is 1. The van der Waals surface area contributed by atoms with E-state index in [0.717, 1.165) is 58.4 Å². The van der Waals surface area contributed by atoms with Crippen molar-refractivity contribution in [3.05, 3.63) is 49.8 Å². The number of nitrogens with zero attached hydrogens (tertiary/aromatic N) is 3. The predicted octanol–water partition coefficient (Wildman–Crippen LogP) is 4.87. The van der Waals surface area contributed by atoms with E-state index in [1.54, 1.807) is 6.07 Å². The monoisotopic (exact) mass is 500 g/mol. The lowest BCUT2D eigenvalue weighted by Gasteiger charge is -2.27. The van der Waals surface area contributed by atoms with Gasteiger partial charge < -0.3 is 19.7 Å². The summed E-state index contributed by atoms with van der Waals surface area (Å²) >= 11 is 28.2. The molecule has 0 saturated carbocycles. The van der Waals surface area contributed by atoms with Crippen molar-refractivity contribution in [2.45, 2.75) is 0 Å². The summed E-state index contributed by atoms with van der Waals surface area (Å²) in [5.74, 6) is 0.825. The quantitative estimate of drug-likeness (QED) is 0.562. The third-order valence-corrected chi connectivity index (χ3v) is 4.67. The van der Waals surface area contributed by atoms with Crippen LogP contribution in [0.2, 0.25) is 25.5 Å². The highest BCUT2D eigenvalue weighted by molar-refractivity contribution is 6.36. The van der Waals surface area contributed by atoms with Crippen molar-refractivity contribution in [2.75, 3.05) is 57.5 Å². The molecule has 0 radical (unpaired) electrons. The number of hydrogen-bond acceptors (Lipinski definition) is 6. The summed E-state index contributed by atoms with van der Waals surface area (Å²) < 4.78 is 10.3. The summed E-state index contributed by atoms with van der Waals surface area (Å²) in [5.41, 5.74) is 0. The lowest BCUT2D eigenvalue weighted by Crippen LogP contribution is -2.36. The topological polar surface area (TPSA) is 59.5 Å². The first-order valence-electron chi connectivity index (χ1n) is 8.87. The fourth-order valence-corrected chi connectivity index (χ4v) is 3.60. The smallest absolute Gasteiger partial charge is 0.132 e. The molecule has 0 unspecified atom stereocenters. The normalized spacial score (nSPS) is 16.2. The summed E-state index contributed by atoms with van der Waals surface area (Å²) in [7, 11) is 0. The maximum Gasteiger partial charge on any atom is 0.132 e. The maximum atomic E-state index is 5.89. The summed E-state index contributed by atoms with van der Waals surface area (Å²) in [6.07, 6.45) is 0. The molecule has 160 valence electrons. The highest BCUT2D eigenvalue weighted by Gasteiger charge is 2.13. The Morgan fingerprint density at radius 1 is 0.690 bits per heavy atom. The van der Waals surface area contributed by atoms with Gasteiger partial charge in [-0.1, -0.05) is 58.0 Å². The molecular formula is C18H21Cl5N4O2. The zero-order chi connectivity index (χ0) is 21.1. The molecule has 11 heteroatoms. The van der Waals surface area contributed by atoms with Gasteiger partial charge in [-0.25, -0.2) is 9.97 Å². The minimum Gasteiger partial charge on any atom is -0.379 e. The van der Waals surface area contributed by atoms with Crippen LogP contribution in [0.1, 0.15) is 0 Å². The number of anilines is 1. The molecule has 4 heterocycles. The Hall–Kier alpha value is -0.570. The predicted molar refractivity (Wildman–Crippen MR) is 120 cm³/mol. The van der Waals surface area contributed by atoms with Gasteiger partial charge in [-0.05, 0) is 24.3 Å². The molecule has 0 aromatic carbocycles. The van der Waals surface area contributed by atoms with E-state index in [9.17, 15) is 0 Å².